The molecule has 0 aliphatic rings. The third kappa shape index (κ3) is 5.82. The molecule has 1 rings (SSSR count). The van der Waals surface area contributed by atoms with Crippen LogP contribution in [-0.4, -0.2) is 18.2 Å². The van der Waals surface area contributed by atoms with Gasteiger partial charge < -0.3 is 4.74 Å². The topological polar surface area (TPSA) is 87.1 Å². The average molecular weight is 297 g/mol. The van der Waals surface area contributed by atoms with Crippen LogP contribution in [0.3, 0.4) is 0 Å². The van der Waals surface area contributed by atoms with Crippen LogP contribution < -0.4 is 5.32 Å². The fourth-order valence-corrected chi connectivity index (χ4v) is 1.74. The van der Waals surface area contributed by atoms with Crippen LogP contribution >= 0.6 is 11.6 Å². The second-order valence-electron chi connectivity index (χ2n) is 5.14. The normalized spacial score (nSPS) is 10.6. The lowest BCUT2D eigenvalue weighted by molar-refractivity contribution is 0.0636. The van der Waals surface area contributed by atoms with Crippen molar-refractivity contribution in [3.63, 3.8) is 0 Å². The van der Waals surface area contributed by atoms with Crippen molar-refractivity contribution in [1.29, 1.82) is 0 Å². The lowest BCUT2D eigenvalue weighted by Crippen LogP contribution is -2.27. The van der Waals surface area contributed by atoms with Gasteiger partial charge in [-0.25, -0.2) is 4.79 Å². The van der Waals surface area contributed by atoms with Crippen molar-refractivity contribution >= 4 is 23.4 Å². The number of azide groups is 1. The molecule has 0 aromatic heterocycles. The highest BCUT2D eigenvalue weighted by Gasteiger charge is 2.16. The molecular weight excluding hydrogens is 280 g/mol. The SMILES string of the molecule is CC(C)(C)OC(=O)Nc1ccc(CCN=[N+]=[N-])c(Cl)c1. The largest absolute Gasteiger partial charge is 0.444 e. The predicted molar refractivity (Wildman–Crippen MR) is 79.0 cm³/mol. The summed E-state index contributed by atoms with van der Waals surface area (Å²) in [6, 6.07) is 5.14. The molecule has 1 aromatic rings. The third-order valence-electron chi connectivity index (χ3n) is 2.24. The summed E-state index contributed by atoms with van der Waals surface area (Å²) >= 11 is 6.10. The van der Waals surface area contributed by atoms with E-state index in [2.05, 4.69) is 15.3 Å². The van der Waals surface area contributed by atoms with E-state index in [1.807, 2.05) is 0 Å². The fraction of sp³-hybridized carbons (Fsp3) is 0.462. The van der Waals surface area contributed by atoms with E-state index in [1.165, 1.54) is 0 Å². The molecule has 0 saturated carbocycles. The molecule has 1 amide bonds. The summed E-state index contributed by atoms with van der Waals surface area (Å²) in [6.45, 7) is 5.71. The molecular formula is C13H17ClN4O2. The molecule has 0 spiro atoms. The van der Waals surface area contributed by atoms with Crippen LogP contribution in [0.25, 0.3) is 10.4 Å². The Kier molecular flexibility index (Phi) is 5.67. The van der Waals surface area contributed by atoms with Crippen molar-refractivity contribution in [3.05, 3.63) is 39.2 Å². The van der Waals surface area contributed by atoms with E-state index in [4.69, 9.17) is 21.9 Å². The van der Waals surface area contributed by atoms with Crippen LogP contribution in [0.1, 0.15) is 26.3 Å². The molecule has 1 aromatic carbocycles. The number of carbonyl (C=O) groups excluding carboxylic acids is 1. The van der Waals surface area contributed by atoms with Crippen LogP contribution in [0.4, 0.5) is 10.5 Å². The zero-order valence-electron chi connectivity index (χ0n) is 11.7. The highest BCUT2D eigenvalue weighted by atomic mass is 35.5. The Morgan fingerprint density at radius 1 is 1.50 bits per heavy atom. The molecule has 0 fully saturated rings. The Morgan fingerprint density at radius 3 is 2.75 bits per heavy atom. The summed E-state index contributed by atoms with van der Waals surface area (Å²) < 4.78 is 5.14. The van der Waals surface area contributed by atoms with Gasteiger partial charge in [0.2, 0.25) is 0 Å². The summed E-state index contributed by atoms with van der Waals surface area (Å²) in [7, 11) is 0. The Hall–Kier alpha value is -1.91. The van der Waals surface area contributed by atoms with Crippen molar-refractivity contribution < 1.29 is 9.53 Å². The molecule has 108 valence electrons. The van der Waals surface area contributed by atoms with Crippen molar-refractivity contribution in [2.75, 3.05) is 11.9 Å². The van der Waals surface area contributed by atoms with Crippen LogP contribution in [0, 0.1) is 0 Å². The first-order chi connectivity index (χ1) is 9.31. The lowest BCUT2D eigenvalue weighted by atomic mass is 10.1. The number of nitrogens with zero attached hydrogens (tertiary/aromatic N) is 3. The van der Waals surface area contributed by atoms with Crippen molar-refractivity contribution in [1.82, 2.24) is 0 Å². The first-order valence-corrected chi connectivity index (χ1v) is 6.49. The summed E-state index contributed by atoms with van der Waals surface area (Å²) in [4.78, 5) is 14.3. The number of nitrogens with one attached hydrogen (secondary N) is 1. The summed E-state index contributed by atoms with van der Waals surface area (Å²) in [6.07, 6.45) is 0.0192. The van der Waals surface area contributed by atoms with E-state index in [-0.39, 0.29) is 0 Å². The Bertz CT molecular complexity index is 534. The van der Waals surface area contributed by atoms with Crippen molar-refractivity contribution in [3.8, 4) is 0 Å². The van der Waals surface area contributed by atoms with Gasteiger partial charge in [-0.05, 0) is 50.4 Å². The van der Waals surface area contributed by atoms with Gasteiger partial charge in [0.15, 0.2) is 0 Å². The monoisotopic (exact) mass is 296 g/mol. The van der Waals surface area contributed by atoms with E-state index in [1.54, 1.807) is 39.0 Å². The number of rotatable bonds is 4. The number of hydrogen-bond acceptors (Lipinski definition) is 3. The van der Waals surface area contributed by atoms with Crippen LogP contribution in [0.2, 0.25) is 5.02 Å². The van der Waals surface area contributed by atoms with Crippen molar-refractivity contribution in [2.45, 2.75) is 32.8 Å². The van der Waals surface area contributed by atoms with E-state index < -0.39 is 11.7 Å². The van der Waals surface area contributed by atoms with Crippen LogP contribution in [-0.2, 0) is 11.2 Å². The number of carbonyl (C=O) groups is 1. The number of amides is 1. The highest BCUT2D eigenvalue weighted by Crippen LogP contribution is 2.22. The molecule has 7 heteroatoms. The second kappa shape index (κ2) is 7.03. The minimum absolute atomic E-state index is 0.342. The number of benzene rings is 1. The van der Waals surface area contributed by atoms with Gasteiger partial charge in [0.25, 0.3) is 0 Å². The Balaban J connectivity index is 2.67. The van der Waals surface area contributed by atoms with E-state index >= 15 is 0 Å². The maximum Gasteiger partial charge on any atom is 0.412 e. The van der Waals surface area contributed by atoms with Gasteiger partial charge >= 0.3 is 6.09 Å². The lowest BCUT2D eigenvalue weighted by Gasteiger charge is -2.19. The Labute approximate surface area is 122 Å². The van der Waals surface area contributed by atoms with Crippen LogP contribution in [0.5, 0.6) is 0 Å². The second-order valence-corrected chi connectivity index (χ2v) is 5.54. The van der Waals surface area contributed by atoms with Gasteiger partial charge in [-0.15, -0.1) is 0 Å². The molecule has 0 saturated heterocycles. The number of hydrogen-bond donors (Lipinski definition) is 1. The zero-order valence-corrected chi connectivity index (χ0v) is 12.4. The van der Waals surface area contributed by atoms with Gasteiger partial charge in [-0.3, -0.25) is 5.32 Å². The van der Waals surface area contributed by atoms with Crippen LogP contribution in [0.15, 0.2) is 23.3 Å². The number of halogens is 1. The van der Waals surface area contributed by atoms with Gasteiger partial charge in [0, 0.05) is 22.2 Å². The fourth-order valence-electron chi connectivity index (χ4n) is 1.46. The number of ether oxygens (including phenoxy) is 1. The molecule has 0 radical (unpaired) electrons. The first kappa shape index (κ1) is 16.1. The minimum atomic E-state index is -0.552. The van der Waals surface area contributed by atoms with Gasteiger partial charge in [-0.2, -0.15) is 0 Å². The molecule has 1 N–H and O–H groups in total. The molecule has 0 atom stereocenters. The third-order valence-corrected chi connectivity index (χ3v) is 2.59. The van der Waals surface area contributed by atoms with Gasteiger partial charge in [0.05, 0.1) is 0 Å². The van der Waals surface area contributed by atoms with E-state index in [0.717, 1.165) is 5.56 Å². The van der Waals surface area contributed by atoms with E-state index in [9.17, 15) is 4.79 Å². The minimum Gasteiger partial charge on any atom is -0.444 e. The Morgan fingerprint density at radius 2 is 2.20 bits per heavy atom. The molecule has 0 heterocycles. The van der Waals surface area contributed by atoms with E-state index in [0.29, 0.717) is 23.7 Å². The maximum atomic E-state index is 11.6. The maximum absolute atomic E-state index is 11.6. The molecule has 0 bridgehead atoms. The van der Waals surface area contributed by atoms with Gasteiger partial charge in [0.1, 0.15) is 5.60 Å². The number of anilines is 1. The molecule has 6 nitrogen and oxygen atoms in total. The standard InChI is InChI=1S/C13H17ClN4O2/c1-13(2,3)20-12(19)17-10-5-4-9(11(14)8-10)6-7-16-18-15/h4-5,8H,6-7H2,1-3H3,(H,17,19). The smallest absolute Gasteiger partial charge is 0.412 e. The molecule has 0 unspecified atom stereocenters. The summed E-state index contributed by atoms with van der Waals surface area (Å²) in [5.74, 6) is 0. The predicted octanol–water partition coefficient (Wildman–Crippen LogP) is 4.54. The highest BCUT2D eigenvalue weighted by molar-refractivity contribution is 6.31. The molecule has 20 heavy (non-hydrogen) atoms. The van der Waals surface area contributed by atoms with Gasteiger partial charge in [-0.1, -0.05) is 22.8 Å². The quantitative estimate of drug-likeness (QED) is 0.502. The average Bonchev–Trinajstić information content (AvgIpc) is 2.29. The summed E-state index contributed by atoms with van der Waals surface area (Å²) in [5, 5.41) is 6.56. The molecule has 0 aliphatic carbocycles. The first-order valence-electron chi connectivity index (χ1n) is 6.11. The summed E-state index contributed by atoms with van der Waals surface area (Å²) in [5.41, 5.74) is 9.07. The zero-order chi connectivity index (χ0) is 15.2. The molecule has 0 aliphatic heterocycles. The van der Waals surface area contributed by atoms with Crippen molar-refractivity contribution in [2.24, 2.45) is 5.11 Å².